The number of para-hydroxylation sites is 2. The fraction of sp³-hybridized carbons (Fsp3) is 0.417. The quantitative estimate of drug-likeness (QED) is 0.581. The average Bonchev–Trinajstić information content (AvgIpc) is 2.42. The Labute approximate surface area is 123 Å². The van der Waals surface area contributed by atoms with Crippen LogP contribution in [0.15, 0.2) is 24.3 Å². The predicted molar refractivity (Wildman–Crippen MR) is 77.4 cm³/mol. The van der Waals surface area contributed by atoms with Crippen LogP contribution in [0.1, 0.15) is 6.92 Å². The minimum absolute atomic E-state index is 0. The van der Waals surface area contributed by atoms with Crippen molar-refractivity contribution in [2.75, 3.05) is 20.2 Å². The molecule has 8 heteroatoms. The third kappa shape index (κ3) is 5.85. The standard InChI is InChI=1S/C12H17N3O4.ClH/c1-9(13-2)7-14-12(16)8-19-11-6-4-3-5-10(11)15(17)18;/h3-6,9,13H,7-8H2,1-2H3,(H,14,16);1H. The molecular formula is C12H18ClN3O4. The lowest BCUT2D eigenvalue weighted by Gasteiger charge is -2.11. The number of rotatable bonds is 7. The van der Waals surface area contributed by atoms with Crippen molar-refractivity contribution in [3.05, 3.63) is 34.4 Å². The molecule has 2 N–H and O–H groups in total. The highest BCUT2D eigenvalue weighted by Crippen LogP contribution is 2.25. The number of nitrogens with one attached hydrogen (secondary N) is 2. The Morgan fingerprint density at radius 1 is 1.45 bits per heavy atom. The molecule has 0 bridgehead atoms. The van der Waals surface area contributed by atoms with Gasteiger partial charge in [0.05, 0.1) is 4.92 Å². The van der Waals surface area contributed by atoms with E-state index in [1.54, 1.807) is 19.2 Å². The Morgan fingerprint density at radius 3 is 2.70 bits per heavy atom. The first kappa shape index (κ1) is 18.1. The van der Waals surface area contributed by atoms with Gasteiger partial charge in [-0.2, -0.15) is 0 Å². The molecule has 1 aromatic carbocycles. The minimum atomic E-state index is -0.545. The van der Waals surface area contributed by atoms with Gasteiger partial charge in [0.15, 0.2) is 12.4 Å². The molecule has 1 amide bonds. The molecule has 0 saturated heterocycles. The summed E-state index contributed by atoms with van der Waals surface area (Å²) in [5.74, 6) is -0.232. The van der Waals surface area contributed by atoms with Crippen molar-refractivity contribution in [3.63, 3.8) is 0 Å². The minimum Gasteiger partial charge on any atom is -0.477 e. The second-order valence-corrected chi connectivity index (χ2v) is 4.01. The van der Waals surface area contributed by atoms with Crippen molar-refractivity contribution in [2.45, 2.75) is 13.0 Å². The molecule has 20 heavy (non-hydrogen) atoms. The molecule has 0 aliphatic carbocycles. The van der Waals surface area contributed by atoms with Crippen molar-refractivity contribution in [2.24, 2.45) is 0 Å². The maximum Gasteiger partial charge on any atom is 0.310 e. The van der Waals surface area contributed by atoms with Crippen LogP contribution in [0.3, 0.4) is 0 Å². The van der Waals surface area contributed by atoms with Crippen LogP contribution in [0, 0.1) is 10.1 Å². The molecule has 7 nitrogen and oxygen atoms in total. The zero-order valence-electron chi connectivity index (χ0n) is 11.3. The number of benzene rings is 1. The Kier molecular flexibility index (Phi) is 8.26. The van der Waals surface area contributed by atoms with Crippen LogP contribution in [-0.2, 0) is 4.79 Å². The van der Waals surface area contributed by atoms with E-state index in [9.17, 15) is 14.9 Å². The van der Waals surface area contributed by atoms with Crippen molar-refractivity contribution in [3.8, 4) is 5.75 Å². The topological polar surface area (TPSA) is 93.5 Å². The summed E-state index contributed by atoms with van der Waals surface area (Å²) in [7, 11) is 1.79. The van der Waals surface area contributed by atoms with Gasteiger partial charge < -0.3 is 15.4 Å². The smallest absolute Gasteiger partial charge is 0.310 e. The summed E-state index contributed by atoms with van der Waals surface area (Å²) in [6, 6.07) is 6.09. The summed E-state index contributed by atoms with van der Waals surface area (Å²) < 4.78 is 5.15. The number of nitro benzene ring substituents is 1. The molecule has 1 aromatic rings. The van der Waals surface area contributed by atoms with E-state index in [2.05, 4.69) is 10.6 Å². The Balaban J connectivity index is 0.00000361. The molecule has 0 fully saturated rings. The van der Waals surface area contributed by atoms with Gasteiger partial charge in [0, 0.05) is 18.7 Å². The van der Waals surface area contributed by atoms with E-state index >= 15 is 0 Å². The fourth-order valence-electron chi connectivity index (χ4n) is 1.29. The average molecular weight is 304 g/mol. The normalized spacial score (nSPS) is 11.1. The van der Waals surface area contributed by atoms with Crippen LogP contribution in [-0.4, -0.2) is 37.1 Å². The third-order valence-electron chi connectivity index (χ3n) is 2.52. The summed E-state index contributed by atoms with van der Waals surface area (Å²) in [6.07, 6.45) is 0. The number of halogens is 1. The summed E-state index contributed by atoms with van der Waals surface area (Å²) in [5, 5.41) is 16.4. The molecule has 0 aliphatic rings. The van der Waals surface area contributed by atoms with Gasteiger partial charge in [0.2, 0.25) is 0 Å². The lowest BCUT2D eigenvalue weighted by atomic mass is 10.3. The molecule has 1 atom stereocenters. The van der Waals surface area contributed by atoms with Crippen LogP contribution in [0.5, 0.6) is 5.75 Å². The molecule has 0 radical (unpaired) electrons. The lowest BCUT2D eigenvalue weighted by molar-refractivity contribution is -0.385. The Morgan fingerprint density at radius 2 is 2.10 bits per heavy atom. The van der Waals surface area contributed by atoms with E-state index in [0.29, 0.717) is 6.54 Å². The van der Waals surface area contributed by atoms with Gasteiger partial charge in [-0.25, -0.2) is 0 Å². The summed E-state index contributed by atoms with van der Waals surface area (Å²) in [5.41, 5.74) is -0.154. The van der Waals surface area contributed by atoms with E-state index < -0.39 is 4.92 Å². The highest BCUT2D eigenvalue weighted by molar-refractivity contribution is 5.85. The fourth-order valence-corrected chi connectivity index (χ4v) is 1.29. The van der Waals surface area contributed by atoms with Crippen LogP contribution in [0.2, 0.25) is 0 Å². The maximum absolute atomic E-state index is 11.5. The number of likely N-dealkylation sites (N-methyl/N-ethyl adjacent to an activating group) is 1. The van der Waals surface area contributed by atoms with Crippen molar-refractivity contribution < 1.29 is 14.5 Å². The van der Waals surface area contributed by atoms with E-state index in [1.807, 2.05) is 6.92 Å². The number of ether oxygens (including phenoxy) is 1. The van der Waals surface area contributed by atoms with Crippen LogP contribution < -0.4 is 15.4 Å². The molecule has 0 aromatic heterocycles. The van der Waals surface area contributed by atoms with Gasteiger partial charge in [-0.05, 0) is 20.0 Å². The molecule has 1 rings (SSSR count). The molecular weight excluding hydrogens is 286 g/mol. The molecule has 112 valence electrons. The van der Waals surface area contributed by atoms with Gasteiger partial charge in [-0.3, -0.25) is 14.9 Å². The van der Waals surface area contributed by atoms with E-state index in [1.165, 1.54) is 12.1 Å². The van der Waals surface area contributed by atoms with Crippen LogP contribution in [0.4, 0.5) is 5.69 Å². The first-order chi connectivity index (χ1) is 9.04. The third-order valence-corrected chi connectivity index (χ3v) is 2.52. The largest absolute Gasteiger partial charge is 0.477 e. The van der Waals surface area contributed by atoms with Crippen LogP contribution >= 0.6 is 12.4 Å². The summed E-state index contributed by atoms with van der Waals surface area (Å²) >= 11 is 0. The molecule has 0 spiro atoms. The highest BCUT2D eigenvalue weighted by Gasteiger charge is 2.14. The van der Waals surface area contributed by atoms with Gasteiger partial charge in [0.1, 0.15) is 0 Å². The number of carbonyl (C=O) groups excluding carboxylic acids is 1. The monoisotopic (exact) mass is 303 g/mol. The second kappa shape index (κ2) is 9.11. The van der Waals surface area contributed by atoms with Crippen molar-refractivity contribution in [1.82, 2.24) is 10.6 Å². The van der Waals surface area contributed by atoms with Gasteiger partial charge in [-0.1, -0.05) is 12.1 Å². The summed E-state index contributed by atoms with van der Waals surface area (Å²) in [6.45, 7) is 2.14. The Hall–Kier alpha value is -1.86. The van der Waals surface area contributed by atoms with E-state index in [0.717, 1.165) is 0 Å². The number of hydrogen-bond acceptors (Lipinski definition) is 5. The predicted octanol–water partition coefficient (Wildman–Crippen LogP) is 1.12. The maximum atomic E-state index is 11.5. The number of nitrogens with zero attached hydrogens (tertiary/aromatic N) is 1. The second-order valence-electron chi connectivity index (χ2n) is 4.01. The van der Waals surface area contributed by atoms with E-state index in [4.69, 9.17) is 4.74 Å². The number of nitro groups is 1. The number of amides is 1. The molecule has 0 aliphatic heterocycles. The lowest BCUT2D eigenvalue weighted by Crippen LogP contribution is -2.39. The van der Waals surface area contributed by atoms with Gasteiger partial charge in [0.25, 0.3) is 5.91 Å². The number of hydrogen-bond donors (Lipinski definition) is 2. The molecule has 0 heterocycles. The van der Waals surface area contributed by atoms with E-state index in [-0.39, 0.29) is 42.4 Å². The van der Waals surface area contributed by atoms with Crippen molar-refractivity contribution >= 4 is 24.0 Å². The van der Waals surface area contributed by atoms with Gasteiger partial charge >= 0.3 is 5.69 Å². The van der Waals surface area contributed by atoms with Gasteiger partial charge in [-0.15, -0.1) is 12.4 Å². The molecule has 1 unspecified atom stereocenters. The molecule has 0 saturated carbocycles. The summed E-state index contributed by atoms with van der Waals surface area (Å²) in [4.78, 5) is 21.7. The van der Waals surface area contributed by atoms with Crippen molar-refractivity contribution in [1.29, 1.82) is 0 Å². The Bertz CT molecular complexity index is 456. The highest BCUT2D eigenvalue weighted by atomic mass is 35.5. The van der Waals surface area contributed by atoms with Crippen LogP contribution in [0.25, 0.3) is 0 Å². The first-order valence-electron chi connectivity index (χ1n) is 5.84. The zero-order chi connectivity index (χ0) is 14.3. The SMILES string of the molecule is CNC(C)CNC(=O)COc1ccccc1[N+](=O)[O-].Cl. The number of carbonyl (C=O) groups is 1. The first-order valence-corrected chi connectivity index (χ1v) is 5.84. The zero-order valence-corrected chi connectivity index (χ0v) is 12.1.